The molecule has 0 unspecified atom stereocenters. The molecule has 0 aliphatic carbocycles. The fraction of sp³-hybridized carbons (Fsp3) is 0.391. The van der Waals surface area contributed by atoms with Crippen LogP contribution in [0.25, 0.3) is 0 Å². The highest BCUT2D eigenvalue weighted by molar-refractivity contribution is 5.97. The third kappa shape index (κ3) is 3.94. The molecule has 1 fully saturated rings. The molecule has 0 saturated carbocycles. The molecule has 0 aromatic heterocycles. The first kappa shape index (κ1) is 18.7. The molecule has 0 spiro atoms. The Morgan fingerprint density at radius 2 is 1.75 bits per heavy atom. The van der Waals surface area contributed by atoms with E-state index in [1.807, 2.05) is 29.2 Å². The quantitative estimate of drug-likeness (QED) is 0.826. The van der Waals surface area contributed by atoms with Gasteiger partial charge in [0.2, 0.25) is 5.91 Å². The maximum absolute atomic E-state index is 13.1. The van der Waals surface area contributed by atoms with Gasteiger partial charge in [-0.15, -0.1) is 0 Å². The maximum Gasteiger partial charge on any atom is 0.253 e. The van der Waals surface area contributed by atoms with Crippen molar-refractivity contribution in [3.8, 4) is 0 Å². The molecule has 2 aromatic carbocycles. The van der Waals surface area contributed by atoms with E-state index in [2.05, 4.69) is 29.2 Å². The predicted octanol–water partition coefficient (Wildman–Crippen LogP) is 2.94. The molecule has 1 saturated heterocycles. The highest BCUT2D eigenvalue weighted by Crippen LogP contribution is 2.29. The number of fused-ring (bicyclic) bond motifs is 1. The van der Waals surface area contributed by atoms with Crippen LogP contribution >= 0.6 is 0 Å². The summed E-state index contributed by atoms with van der Waals surface area (Å²) >= 11 is 0. The lowest BCUT2D eigenvalue weighted by Gasteiger charge is -2.22. The maximum atomic E-state index is 13.1. The third-order valence-electron chi connectivity index (χ3n) is 5.73. The average Bonchev–Trinajstić information content (AvgIpc) is 3.00. The van der Waals surface area contributed by atoms with Crippen molar-refractivity contribution in [3.05, 3.63) is 65.2 Å². The van der Waals surface area contributed by atoms with Crippen molar-refractivity contribution >= 4 is 17.5 Å². The van der Waals surface area contributed by atoms with E-state index in [1.54, 1.807) is 11.8 Å². The fourth-order valence-electron chi connectivity index (χ4n) is 4.22. The first-order valence-corrected chi connectivity index (χ1v) is 10.1. The van der Waals surface area contributed by atoms with Crippen LogP contribution in [0.3, 0.4) is 0 Å². The Morgan fingerprint density at radius 1 is 0.929 bits per heavy atom. The molecule has 28 heavy (non-hydrogen) atoms. The van der Waals surface area contributed by atoms with E-state index in [4.69, 9.17) is 0 Å². The second-order valence-corrected chi connectivity index (χ2v) is 7.67. The molecule has 0 N–H and O–H groups in total. The minimum absolute atomic E-state index is 0.0591. The van der Waals surface area contributed by atoms with Gasteiger partial charge < -0.3 is 9.80 Å². The molecule has 2 aromatic rings. The van der Waals surface area contributed by atoms with Gasteiger partial charge in [-0.1, -0.05) is 30.3 Å². The minimum atomic E-state index is 0.0591. The van der Waals surface area contributed by atoms with Crippen LogP contribution in [0.1, 0.15) is 34.8 Å². The number of carbonyl (C=O) groups is 2. The summed E-state index contributed by atoms with van der Waals surface area (Å²) in [6.45, 7) is 6.68. The van der Waals surface area contributed by atoms with Crippen LogP contribution in [0.4, 0.5) is 5.69 Å². The van der Waals surface area contributed by atoms with Crippen molar-refractivity contribution in [2.24, 2.45) is 0 Å². The summed E-state index contributed by atoms with van der Waals surface area (Å²) in [5.74, 6) is 0.162. The van der Waals surface area contributed by atoms with E-state index in [-0.39, 0.29) is 11.8 Å². The number of anilines is 1. The summed E-state index contributed by atoms with van der Waals surface area (Å²) in [4.78, 5) is 31.0. The van der Waals surface area contributed by atoms with Gasteiger partial charge in [0.15, 0.2) is 0 Å². The molecule has 4 rings (SSSR count). The molecule has 0 atom stereocenters. The summed E-state index contributed by atoms with van der Waals surface area (Å²) in [6, 6.07) is 16.3. The Bertz CT molecular complexity index is 865. The van der Waals surface area contributed by atoms with Crippen LogP contribution in [0.15, 0.2) is 48.5 Å². The summed E-state index contributed by atoms with van der Waals surface area (Å²) in [6.07, 6.45) is 1.81. The van der Waals surface area contributed by atoms with E-state index < -0.39 is 0 Å². The number of amides is 2. The molecule has 2 amide bonds. The Labute approximate surface area is 166 Å². The van der Waals surface area contributed by atoms with Gasteiger partial charge in [0.25, 0.3) is 5.91 Å². The average molecular weight is 377 g/mol. The molecule has 2 aliphatic heterocycles. The Balaban J connectivity index is 1.41. The summed E-state index contributed by atoms with van der Waals surface area (Å²) in [7, 11) is 0. The SMILES string of the molecule is CC(=O)N1CCc2cc(C(=O)N3CCCN(Cc4ccccc4)CC3)ccc21. The van der Waals surface area contributed by atoms with E-state index in [0.717, 1.165) is 62.4 Å². The van der Waals surface area contributed by atoms with E-state index in [0.29, 0.717) is 6.54 Å². The lowest BCUT2D eigenvalue weighted by Crippen LogP contribution is -2.35. The molecule has 5 heteroatoms. The standard InChI is InChI=1S/C23H27N3O2/c1-18(27)26-13-10-20-16-21(8-9-22(20)26)23(28)25-12-5-11-24(14-15-25)17-19-6-3-2-4-7-19/h2-4,6-9,16H,5,10-15,17H2,1H3. The zero-order chi connectivity index (χ0) is 19.5. The van der Waals surface area contributed by atoms with Gasteiger partial charge in [-0.05, 0) is 42.2 Å². The van der Waals surface area contributed by atoms with Crippen molar-refractivity contribution in [1.82, 2.24) is 9.80 Å². The molecule has 146 valence electrons. The lowest BCUT2D eigenvalue weighted by atomic mass is 10.1. The van der Waals surface area contributed by atoms with Crippen molar-refractivity contribution in [3.63, 3.8) is 0 Å². The van der Waals surface area contributed by atoms with Crippen LogP contribution in [-0.4, -0.2) is 54.3 Å². The minimum Gasteiger partial charge on any atom is -0.337 e. The highest BCUT2D eigenvalue weighted by Gasteiger charge is 2.25. The van der Waals surface area contributed by atoms with Gasteiger partial charge in [-0.2, -0.15) is 0 Å². The first-order valence-electron chi connectivity index (χ1n) is 10.1. The van der Waals surface area contributed by atoms with Gasteiger partial charge in [0.1, 0.15) is 0 Å². The first-order chi connectivity index (χ1) is 13.6. The van der Waals surface area contributed by atoms with Gasteiger partial charge in [0, 0.05) is 57.4 Å². The predicted molar refractivity (Wildman–Crippen MR) is 110 cm³/mol. The van der Waals surface area contributed by atoms with Crippen molar-refractivity contribution in [2.75, 3.05) is 37.6 Å². The van der Waals surface area contributed by atoms with Crippen LogP contribution in [0.5, 0.6) is 0 Å². The normalized spacial score (nSPS) is 17.3. The monoisotopic (exact) mass is 377 g/mol. The van der Waals surface area contributed by atoms with Crippen LogP contribution in [0, 0.1) is 0 Å². The summed E-state index contributed by atoms with van der Waals surface area (Å²) in [5.41, 5.74) is 4.10. The summed E-state index contributed by atoms with van der Waals surface area (Å²) < 4.78 is 0. The largest absolute Gasteiger partial charge is 0.337 e. The van der Waals surface area contributed by atoms with Gasteiger partial charge in [0.05, 0.1) is 0 Å². The van der Waals surface area contributed by atoms with Crippen LogP contribution in [-0.2, 0) is 17.8 Å². The van der Waals surface area contributed by atoms with E-state index in [1.165, 1.54) is 5.56 Å². The van der Waals surface area contributed by atoms with Crippen LogP contribution in [0.2, 0.25) is 0 Å². The zero-order valence-corrected chi connectivity index (χ0v) is 16.4. The fourth-order valence-corrected chi connectivity index (χ4v) is 4.22. The zero-order valence-electron chi connectivity index (χ0n) is 16.4. The smallest absolute Gasteiger partial charge is 0.253 e. The Kier molecular flexibility index (Phi) is 5.44. The van der Waals surface area contributed by atoms with Crippen molar-refractivity contribution in [1.29, 1.82) is 0 Å². The lowest BCUT2D eigenvalue weighted by molar-refractivity contribution is -0.116. The number of hydrogen-bond acceptors (Lipinski definition) is 3. The van der Waals surface area contributed by atoms with E-state index >= 15 is 0 Å². The van der Waals surface area contributed by atoms with Crippen LogP contribution < -0.4 is 4.90 Å². The third-order valence-corrected chi connectivity index (χ3v) is 5.73. The van der Waals surface area contributed by atoms with Crippen molar-refractivity contribution < 1.29 is 9.59 Å². The second-order valence-electron chi connectivity index (χ2n) is 7.67. The summed E-state index contributed by atoms with van der Waals surface area (Å²) in [5, 5.41) is 0. The van der Waals surface area contributed by atoms with E-state index in [9.17, 15) is 9.59 Å². The van der Waals surface area contributed by atoms with Gasteiger partial charge in [-0.3, -0.25) is 14.5 Å². The van der Waals surface area contributed by atoms with Gasteiger partial charge in [-0.25, -0.2) is 0 Å². The Hall–Kier alpha value is -2.66. The molecule has 5 nitrogen and oxygen atoms in total. The number of carbonyl (C=O) groups excluding carboxylic acids is 2. The topological polar surface area (TPSA) is 43.9 Å². The number of benzene rings is 2. The van der Waals surface area contributed by atoms with Crippen molar-refractivity contribution in [2.45, 2.75) is 26.3 Å². The number of hydrogen-bond donors (Lipinski definition) is 0. The molecular weight excluding hydrogens is 350 g/mol. The number of rotatable bonds is 3. The molecule has 2 heterocycles. The number of nitrogens with zero attached hydrogens (tertiary/aromatic N) is 3. The molecule has 0 bridgehead atoms. The Morgan fingerprint density at radius 3 is 2.54 bits per heavy atom. The molecular formula is C23H27N3O2. The second kappa shape index (κ2) is 8.15. The highest BCUT2D eigenvalue weighted by atomic mass is 16.2. The van der Waals surface area contributed by atoms with Gasteiger partial charge >= 0.3 is 0 Å². The molecule has 0 radical (unpaired) electrons. The molecule has 2 aliphatic rings.